The molecule has 0 saturated heterocycles. The largest absolute Gasteiger partial charge is 0.497 e. The van der Waals surface area contributed by atoms with Gasteiger partial charge < -0.3 is 10.1 Å². The van der Waals surface area contributed by atoms with E-state index in [0.29, 0.717) is 10.8 Å². The number of sulfonamides is 1. The minimum Gasteiger partial charge on any atom is -0.497 e. The molecule has 180 valence electrons. The summed E-state index contributed by atoms with van der Waals surface area (Å²) in [5, 5.41) is 4.99. The van der Waals surface area contributed by atoms with Gasteiger partial charge in [-0.3, -0.25) is 4.79 Å². The number of hydrogen-bond donors (Lipinski definition) is 2. The summed E-state index contributed by atoms with van der Waals surface area (Å²) in [4.78, 5) is 17.8. The second-order valence-electron chi connectivity index (χ2n) is 7.57. The van der Waals surface area contributed by atoms with Crippen molar-refractivity contribution in [3.05, 3.63) is 93.4 Å². The van der Waals surface area contributed by atoms with Gasteiger partial charge in [0.25, 0.3) is 0 Å². The van der Waals surface area contributed by atoms with E-state index >= 15 is 0 Å². The maximum absolute atomic E-state index is 13.2. The van der Waals surface area contributed by atoms with Crippen LogP contribution in [0.2, 0.25) is 0 Å². The van der Waals surface area contributed by atoms with Crippen molar-refractivity contribution in [1.82, 2.24) is 9.71 Å². The van der Waals surface area contributed by atoms with Crippen LogP contribution in [0.5, 0.6) is 5.75 Å². The molecule has 0 aliphatic heterocycles. The molecule has 0 fully saturated rings. The molecule has 1 heterocycles. The molecule has 0 aliphatic rings. The van der Waals surface area contributed by atoms with Crippen molar-refractivity contribution in [3.63, 3.8) is 0 Å². The summed E-state index contributed by atoms with van der Waals surface area (Å²) in [6, 6.07) is 22.1. The van der Waals surface area contributed by atoms with Crippen LogP contribution in [0.1, 0.15) is 5.56 Å². The summed E-state index contributed by atoms with van der Waals surface area (Å²) in [7, 11) is -2.32. The molecule has 7 nitrogen and oxygen atoms in total. The molecule has 4 aromatic rings. The first-order valence-corrected chi connectivity index (χ1v) is 14.0. The first kappa shape index (κ1) is 25.3. The van der Waals surface area contributed by atoms with Gasteiger partial charge in [0.15, 0.2) is 5.13 Å². The maximum atomic E-state index is 13.2. The molecule has 0 radical (unpaired) electrons. The number of hydrogen-bond acceptors (Lipinski definition) is 6. The summed E-state index contributed by atoms with van der Waals surface area (Å²) >= 11 is 3.38. The van der Waals surface area contributed by atoms with Gasteiger partial charge in [-0.05, 0) is 83.1 Å². The van der Waals surface area contributed by atoms with E-state index in [2.05, 4.69) is 37.6 Å². The number of aromatic nitrogens is 1. The minimum absolute atomic E-state index is 0.0971. The predicted octanol–water partition coefficient (Wildman–Crippen LogP) is 4.95. The summed E-state index contributed by atoms with van der Waals surface area (Å²) in [6.07, 6.45) is 0.187. The van der Waals surface area contributed by atoms with Gasteiger partial charge in [0, 0.05) is 14.5 Å². The Balaban J connectivity index is 1.54. The fraction of sp³-hybridized carbons (Fsp3) is 0.120. The molecule has 1 amide bonds. The van der Waals surface area contributed by atoms with Gasteiger partial charge in [0.2, 0.25) is 15.9 Å². The number of ether oxygens (including phenoxy) is 1. The van der Waals surface area contributed by atoms with E-state index in [9.17, 15) is 13.2 Å². The molecule has 0 bridgehead atoms. The zero-order valence-corrected chi connectivity index (χ0v) is 22.4. The van der Waals surface area contributed by atoms with Gasteiger partial charge in [0.1, 0.15) is 11.8 Å². The molecule has 0 unspecified atom stereocenters. The Labute approximate surface area is 221 Å². The Morgan fingerprint density at radius 3 is 2.37 bits per heavy atom. The van der Waals surface area contributed by atoms with Gasteiger partial charge in [0.05, 0.1) is 17.7 Å². The highest BCUT2D eigenvalue weighted by atomic mass is 127. The molecule has 35 heavy (non-hydrogen) atoms. The van der Waals surface area contributed by atoms with Crippen LogP contribution in [-0.4, -0.2) is 32.5 Å². The lowest BCUT2D eigenvalue weighted by atomic mass is 10.1. The number of halogens is 1. The fourth-order valence-corrected chi connectivity index (χ4v) is 5.60. The molecule has 1 aromatic heterocycles. The zero-order chi connectivity index (χ0) is 24.8. The average molecular weight is 620 g/mol. The van der Waals surface area contributed by atoms with Gasteiger partial charge in [-0.15, -0.1) is 11.3 Å². The molecule has 0 aliphatic carbocycles. The number of nitrogens with zero attached hydrogens (tertiary/aromatic N) is 1. The Hall–Kier alpha value is -2.80. The Morgan fingerprint density at radius 2 is 1.71 bits per heavy atom. The van der Waals surface area contributed by atoms with E-state index in [-0.39, 0.29) is 11.3 Å². The number of thiazole rings is 1. The lowest BCUT2D eigenvalue weighted by Crippen LogP contribution is -2.45. The summed E-state index contributed by atoms with van der Waals surface area (Å²) < 4.78 is 34.7. The lowest BCUT2D eigenvalue weighted by molar-refractivity contribution is -0.117. The highest BCUT2D eigenvalue weighted by Crippen LogP contribution is 2.26. The lowest BCUT2D eigenvalue weighted by Gasteiger charge is -2.18. The molecular weight excluding hydrogens is 597 g/mol. The minimum atomic E-state index is -3.92. The third kappa shape index (κ3) is 6.66. The maximum Gasteiger partial charge on any atom is 0.244 e. The van der Waals surface area contributed by atoms with Crippen LogP contribution in [0.4, 0.5) is 5.13 Å². The Morgan fingerprint density at radius 1 is 1.03 bits per heavy atom. The van der Waals surface area contributed by atoms with E-state index in [4.69, 9.17) is 4.74 Å². The van der Waals surface area contributed by atoms with Crippen molar-refractivity contribution >= 4 is 55.0 Å². The summed E-state index contributed by atoms with van der Waals surface area (Å²) in [6.45, 7) is 0. The van der Waals surface area contributed by atoms with E-state index in [1.807, 2.05) is 60.0 Å². The molecule has 1 atom stereocenters. The molecule has 3 aromatic carbocycles. The number of rotatable bonds is 9. The van der Waals surface area contributed by atoms with Crippen LogP contribution in [0.15, 0.2) is 89.1 Å². The Kier molecular flexibility index (Phi) is 8.16. The summed E-state index contributed by atoms with van der Waals surface area (Å²) in [5.41, 5.74) is 2.41. The number of nitrogens with one attached hydrogen (secondary N) is 2. The highest BCUT2D eigenvalue weighted by molar-refractivity contribution is 14.1. The standard InChI is InChI=1S/C25H22IN3O4S2/c1-33-20-11-7-18(8-12-20)23-16-34-25(27-23)28-24(30)22(15-17-5-3-2-4-6-17)29-35(31,32)21-13-9-19(26)10-14-21/h2-14,16,22,29H,15H2,1H3,(H,27,28,30)/t22-/m0/s1. The number of anilines is 1. The van der Waals surface area contributed by atoms with Crippen LogP contribution in [0, 0.1) is 3.57 Å². The topological polar surface area (TPSA) is 97.4 Å². The summed E-state index contributed by atoms with van der Waals surface area (Å²) in [5.74, 6) is 0.250. The first-order chi connectivity index (χ1) is 16.8. The Bertz CT molecular complexity index is 1390. The predicted molar refractivity (Wildman–Crippen MR) is 146 cm³/mol. The van der Waals surface area contributed by atoms with Crippen LogP contribution in [0.3, 0.4) is 0 Å². The monoisotopic (exact) mass is 619 g/mol. The van der Waals surface area contributed by atoms with Gasteiger partial charge in [-0.25, -0.2) is 13.4 Å². The second kappa shape index (κ2) is 11.3. The van der Waals surface area contributed by atoms with Crippen molar-refractivity contribution in [2.24, 2.45) is 0 Å². The van der Waals surface area contributed by atoms with Crippen LogP contribution >= 0.6 is 33.9 Å². The van der Waals surface area contributed by atoms with Crippen LogP contribution < -0.4 is 14.8 Å². The van der Waals surface area contributed by atoms with Crippen molar-refractivity contribution in [1.29, 1.82) is 0 Å². The quantitative estimate of drug-likeness (QED) is 0.259. The van der Waals surface area contributed by atoms with Gasteiger partial charge >= 0.3 is 0 Å². The van der Waals surface area contributed by atoms with E-state index < -0.39 is 22.0 Å². The SMILES string of the molecule is COc1ccc(-c2csc(NC(=O)[C@H](Cc3ccccc3)NS(=O)(=O)c3ccc(I)cc3)n2)cc1. The third-order valence-electron chi connectivity index (χ3n) is 5.14. The number of carbonyl (C=O) groups is 1. The van der Waals surface area contributed by atoms with Crippen molar-refractivity contribution in [3.8, 4) is 17.0 Å². The third-order valence-corrected chi connectivity index (χ3v) is 8.11. The molecule has 2 N–H and O–H groups in total. The smallest absolute Gasteiger partial charge is 0.244 e. The molecule has 0 saturated carbocycles. The van der Waals surface area contributed by atoms with Crippen LogP contribution in [-0.2, 0) is 21.2 Å². The van der Waals surface area contributed by atoms with Crippen molar-refractivity contribution in [2.45, 2.75) is 17.4 Å². The second-order valence-corrected chi connectivity index (χ2v) is 11.4. The molecule has 4 rings (SSSR count). The zero-order valence-electron chi connectivity index (χ0n) is 18.6. The number of benzene rings is 3. The number of methoxy groups -OCH3 is 1. The van der Waals surface area contributed by atoms with Crippen molar-refractivity contribution < 1.29 is 17.9 Å². The van der Waals surface area contributed by atoms with E-state index in [1.54, 1.807) is 19.2 Å². The van der Waals surface area contributed by atoms with Crippen molar-refractivity contribution in [2.75, 3.05) is 12.4 Å². The molecular formula is C25H22IN3O4S2. The van der Waals surface area contributed by atoms with Crippen LogP contribution in [0.25, 0.3) is 11.3 Å². The molecule has 10 heteroatoms. The molecule has 0 spiro atoms. The van der Waals surface area contributed by atoms with Gasteiger partial charge in [-0.1, -0.05) is 30.3 Å². The van der Waals surface area contributed by atoms with E-state index in [0.717, 1.165) is 20.4 Å². The number of amides is 1. The van der Waals surface area contributed by atoms with Gasteiger partial charge in [-0.2, -0.15) is 4.72 Å². The average Bonchev–Trinajstić information content (AvgIpc) is 3.33. The fourth-order valence-electron chi connectivity index (χ4n) is 3.32. The normalized spacial score (nSPS) is 12.2. The highest BCUT2D eigenvalue weighted by Gasteiger charge is 2.27. The first-order valence-electron chi connectivity index (χ1n) is 10.6. The number of carbonyl (C=O) groups excluding carboxylic acids is 1. The van der Waals surface area contributed by atoms with E-state index in [1.165, 1.54) is 23.5 Å².